The highest BCUT2D eigenvalue weighted by Crippen LogP contribution is 2.15. The fourth-order valence-electron chi connectivity index (χ4n) is 1.97. The van der Waals surface area contributed by atoms with E-state index in [0.29, 0.717) is 32.1 Å². The van der Waals surface area contributed by atoms with Crippen molar-refractivity contribution in [3.8, 4) is 0 Å². The maximum absolute atomic E-state index is 11.0. The predicted molar refractivity (Wildman–Crippen MR) is 72.4 cm³/mol. The van der Waals surface area contributed by atoms with E-state index in [9.17, 15) is 14.4 Å². The van der Waals surface area contributed by atoms with Crippen LogP contribution >= 0.6 is 0 Å². The van der Waals surface area contributed by atoms with Crippen LogP contribution in [0.1, 0.15) is 64.7 Å². The van der Waals surface area contributed by atoms with E-state index in [1.54, 1.807) is 0 Å². The lowest BCUT2D eigenvalue weighted by atomic mass is 10.0. The first-order valence-electron chi connectivity index (χ1n) is 7.02. The standard InChI is InChI=1S/C14H24O6/c1-11(15)20-12(8-5-6-10-14(18)19)7-3-2-4-9-13(16)17/h12H,2-10H2,1H3,(H,16,17)(H,18,19). The van der Waals surface area contributed by atoms with Crippen molar-refractivity contribution in [1.29, 1.82) is 0 Å². The molecule has 0 aliphatic heterocycles. The van der Waals surface area contributed by atoms with Gasteiger partial charge in [0, 0.05) is 19.8 Å². The van der Waals surface area contributed by atoms with Gasteiger partial charge in [-0.25, -0.2) is 0 Å². The number of carboxylic acids is 2. The zero-order valence-electron chi connectivity index (χ0n) is 12.0. The SMILES string of the molecule is CC(=O)OC(CCCCCC(=O)O)CCCCC(=O)O. The van der Waals surface area contributed by atoms with Gasteiger partial charge in [-0.05, 0) is 38.5 Å². The van der Waals surface area contributed by atoms with Crippen molar-refractivity contribution in [3.05, 3.63) is 0 Å². The molecule has 0 heterocycles. The summed E-state index contributed by atoms with van der Waals surface area (Å²) in [5, 5.41) is 17.0. The molecule has 0 saturated heterocycles. The van der Waals surface area contributed by atoms with Crippen LogP contribution < -0.4 is 0 Å². The van der Waals surface area contributed by atoms with E-state index in [4.69, 9.17) is 14.9 Å². The summed E-state index contributed by atoms with van der Waals surface area (Å²) < 4.78 is 5.18. The van der Waals surface area contributed by atoms with Crippen molar-refractivity contribution >= 4 is 17.9 Å². The highest BCUT2D eigenvalue weighted by atomic mass is 16.5. The quantitative estimate of drug-likeness (QED) is 0.423. The molecule has 0 aromatic heterocycles. The van der Waals surface area contributed by atoms with Crippen molar-refractivity contribution in [3.63, 3.8) is 0 Å². The molecule has 0 aromatic rings. The summed E-state index contributed by atoms with van der Waals surface area (Å²) in [5.41, 5.74) is 0. The number of unbranched alkanes of at least 4 members (excludes halogenated alkanes) is 3. The number of esters is 1. The summed E-state index contributed by atoms with van der Waals surface area (Å²) >= 11 is 0. The van der Waals surface area contributed by atoms with Crippen LogP contribution in [0.2, 0.25) is 0 Å². The molecule has 6 nitrogen and oxygen atoms in total. The van der Waals surface area contributed by atoms with Crippen LogP contribution in [0.4, 0.5) is 0 Å². The van der Waals surface area contributed by atoms with Crippen LogP contribution in [-0.4, -0.2) is 34.2 Å². The number of carbonyl (C=O) groups excluding carboxylic acids is 1. The molecule has 0 saturated carbocycles. The van der Waals surface area contributed by atoms with Crippen molar-refractivity contribution in [2.75, 3.05) is 0 Å². The Morgan fingerprint density at radius 1 is 0.850 bits per heavy atom. The Kier molecular flexibility index (Phi) is 10.4. The van der Waals surface area contributed by atoms with Crippen molar-refractivity contribution in [2.45, 2.75) is 70.8 Å². The molecule has 1 unspecified atom stereocenters. The van der Waals surface area contributed by atoms with E-state index in [-0.39, 0.29) is 24.9 Å². The van der Waals surface area contributed by atoms with Gasteiger partial charge in [-0.2, -0.15) is 0 Å². The fourth-order valence-corrected chi connectivity index (χ4v) is 1.97. The van der Waals surface area contributed by atoms with Gasteiger partial charge in [0.2, 0.25) is 0 Å². The third kappa shape index (κ3) is 12.9. The molecule has 0 aromatic carbocycles. The van der Waals surface area contributed by atoms with E-state index < -0.39 is 11.9 Å². The lowest BCUT2D eigenvalue weighted by molar-refractivity contribution is -0.147. The molecule has 6 heteroatoms. The normalized spacial score (nSPS) is 11.8. The summed E-state index contributed by atoms with van der Waals surface area (Å²) in [6.45, 7) is 1.36. The van der Waals surface area contributed by atoms with Gasteiger partial charge in [0.1, 0.15) is 6.10 Å². The van der Waals surface area contributed by atoms with Crippen LogP contribution in [0.5, 0.6) is 0 Å². The minimum atomic E-state index is -0.817. The number of rotatable bonds is 12. The van der Waals surface area contributed by atoms with Crippen LogP contribution in [0, 0.1) is 0 Å². The monoisotopic (exact) mass is 288 g/mol. The van der Waals surface area contributed by atoms with E-state index >= 15 is 0 Å². The smallest absolute Gasteiger partial charge is 0.303 e. The van der Waals surface area contributed by atoms with Gasteiger partial charge < -0.3 is 14.9 Å². The Hall–Kier alpha value is -1.59. The molecular formula is C14H24O6. The largest absolute Gasteiger partial charge is 0.481 e. The highest BCUT2D eigenvalue weighted by Gasteiger charge is 2.12. The van der Waals surface area contributed by atoms with E-state index in [2.05, 4.69) is 0 Å². The Bertz CT molecular complexity index is 313. The molecule has 0 bridgehead atoms. The summed E-state index contributed by atoms with van der Waals surface area (Å²) in [4.78, 5) is 31.7. The summed E-state index contributed by atoms with van der Waals surface area (Å²) in [7, 11) is 0. The molecule has 0 rings (SSSR count). The highest BCUT2D eigenvalue weighted by molar-refractivity contribution is 5.67. The molecule has 0 aliphatic carbocycles. The summed E-state index contributed by atoms with van der Waals surface area (Å²) in [5.74, 6) is -1.95. The zero-order chi connectivity index (χ0) is 15.4. The second-order valence-corrected chi connectivity index (χ2v) is 4.86. The second-order valence-electron chi connectivity index (χ2n) is 4.86. The number of hydrogen-bond donors (Lipinski definition) is 2. The van der Waals surface area contributed by atoms with Crippen molar-refractivity contribution < 1.29 is 29.3 Å². The number of carboxylic acid groups (broad SMARTS) is 2. The lowest BCUT2D eigenvalue weighted by Gasteiger charge is -2.16. The summed E-state index contributed by atoms with van der Waals surface area (Å²) in [6, 6.07) is 0. The Morgan fingerprint density at radius 2 is 1.30 bits per heavy atom. The Balaban J connectivity index is 3.81. The van der Waals surface area contributed by atoms with Gasteiger partial charge in [0.15, 0.2) is 0 Å². The molecule has 20 heavy (non-hydrogen) atoms. The minimum absolute atomic E-state index is 0.130. The molecule has 0 amide bonds. The first-order valence-corrected chi connectivity index (χ1v) is 7.02. The minimum Gasteiger partial charge on any atom is -0.481 e. The van der Waals surface area contributed by atoms with Crippen LogP contribution in [0.25, 0.3) is 0 Å². The molecule has 0 radical (unpaired) electrons. The van der Waals surface area contributed by atoms with Crippen LogP contribution in [-0.2, 0) is 19.1 Å². The number of hydrogen-bond acceptors (Lipinski definition) is 4. The Morgan fingerprint density at radius 3 is 1.75 bits per heavy atom. The maximum Gasteiger partial charge on any atom is 0.303 e. The fraction of sp³-hybridized carbons (Fsp3) is 0.786. The molecule has 0 aliphatic rings. The van der Waals surface area contributed by atoms with Crippen LogP contribution in [0.15, 0.2) is 0 Å². The van der Waals surface area contributed by atoms with Gasteiger partial charge >= 0.3 is 17.9 Å². The molecule has 116 valence electrons. The topological polar surface area (TPSA) is 101 Å². The first kappa shape index (κ1) is 18.4. The molecular weight excluding hydrogens is 264 g/mol. The van der Waals surface area contributed by atoms with Gasteiger partial charge in [-0.15, -0.1) is 0 Å². The lowest BCUT2D eigenvalue weighted by Crippen LogP contribution is -2.16. The molecule has 0 fully saturated rings. The van der Waals surface area contributed by atoms with E-state index in [1.165, 1.54) is 6.92 Å². The Labute approximate surface area is 119 Å². The number of ether oxygens (including phenoxy) is 1. The average Bonchev–Trinajstić information content (AvgIpc) is 2.32. The van der Waals surface area contributed by atoms with Gasteiger partial charge in [-0.1, -0.05) is 6.42 Å². The third-order valence-electron chi connectivity index (χ3n) is 2.92. The number of carbonyl (C=O) groups is 3. The van der Waals surface area contributed by atoms with E-state index in [1.807, 2.05) is 0 Å². The molecule has 0 spiro atoms. The van der Waals surface area contributed by atoms with Crippen molar-refractivity contribution in [2.24, 2.45) is 0 Å². The predicted octanol–water partition coefficient (Wildman–Crippen LogP) is 2.60. The van der Waals surface area contributed by atoms with Crippen LogP contribution in [0.3, 0.4) is 0 Å². The molecule has 2 N–H and O–H groups in total. The maximum atomic E-state index is 11.0. The average molecular weight is 288 g/mol. The van der Waals surface area contributed by atoms with Crippen molar-refractivity contribution in [1.82, 2.24) is 0 Å². The molecule has 1 atom stereocenters. The van der Waals surface area contributed by atoms with E-state index in [0.717, 1.165) is 12.8 Å². The summed E-state index contributed by atoms with van der Waals surface area (Å²) in [6.07, 6.45) is 4.97. The third-order valence-corrected chi connectivity index (χ3v) is 2.92. The number of aliphatic carboxylic acids is 2. The van der Waals surface area contributed by atoms with Gasteiger partial charge in [0.25, 0.3) is 0 Å². The second kappa shape index (κ2) is 11.3. The van der Waals surface area contributed by atoms with Gasteiger partial charge in [0.05, 0.1) is 0 Å². The zero-order valence-corrected chi connectivity index (χ0v) is 12.0. The van der Waals surface area contributed by atoms with Gasteiger partial charge in [-0.3, -0.25) is 14.4 Å². The first-order chi connectivity index (χ1) is 9.41.